The summed E-state index contributed by atoms with van der Waals surface area (Å²) in [6, 6.07) is 3.82. The molecule has 0 saturated heterocycles. The fraction of sp³-hybridized carbons (Fsp3) is 0.579. The Labute approximate surface area is 146 Å². The van der Waals surface area contributed by atoms with Gasteiger partial charge in [0.05, 0.1) is 12.0 Å². The number of carboxylic acid groups (broad SMARTS) is 1. The molecule has 0 radical (unpaired) electrons. The Morgan fingerprint density at radius 1 is 1.25 bits per heavy atom. The van der Waals surface area contributed by atoms with E-state index in [1.165, 1.54) is 31.5 Å². The highest BCUT2D eigenvalue weighted by Crippen LogP contribution is 2.61. The summed E-state index contributed by atoms with van der Waals surface area (Å²) in [5.41, 5.74) is 0.177. The normalized spacial score (nSPS) is 35.5. The zero-order valence-electron chi connectivity index (χ0n) is 13.5. The maximum atomic E-state index is 11.9. The molecule has 24 heavy (non-hydrogen) atoms. The second kappa shape index (κ2) is 5.76. The summed E-state index contributed by atoms with van der Waals surface area (Å²) in [5, 5.41) is 22.3. The molecular formula is C19H21ClNO3-. The molecule has 0 heterocycles. The van der Waals surface area contributed by atoms with Crippen LogP contribution in [0.2, 0.25) is 5.02 Å². The predicted octanol–water partition coefficient (Wildman–Crippen LogP) is 2.80. The van der Waals surface area contributed by atoms with Crippen molar-refractivity contribution >= 4 is 23.8 Å². The maximum Gasteiger partial charge on any atom is 0.124 e. The molecule has 0 aromatic heterocycles. The summed E-state index contributed by atoms with van der Waals surface area (Å²) in [7, 11) is 0. The minimum absolute atomic E-state index is 0.0470. The molecule has 0 amide bonds. The first kappa shape index (κ1) is 15.9. The second-order valence-electron chi connectivity index (χ2n) is 7.98. The first-order valence-corrected chi connectivity index (χ1v) is 9.05. The van der Waals surface area contributed by atoms with Crippen LogP contribution < -0.4 is 5.11 Å². The number of carbonyl (C=O) groups is 1. The molecule has 4 saturated carbocycles. The van der Waals surface area contributed by atoms with Crippen molar-refractivity contribution < 1.29 is 15.0 Å². The number of aliphatic carboxylic acids is 1. The van der Waals surface area contributed by atoms with E-state index in [0.29, 0.717) is 28.3 Å². The summed E-state index contributed by atoms with van der Waals surface area (Å²) in [4.78, 5) is 16.3. The van der Waals surface area contributed by atoms with E-state index in [1.54, 1.807) is 12.1 Å². The number of aromatic hydroxyl groups is 1. The highest BCUT2D eigenvalue weighted by Gasteiger charge is 2.54. The molecule has 1 aromatic carbocycles. The van der Waals surface area contributed by atoms with E-state index in [9.17, 15) is 15.0 Å². The number of aliphatic imine (C=N–C) groups is 1. The largest absolute Gasteiger partial charge is 0.548 e. The molecule has 4 nitrogen and oxygen atoms in total. The molecule has 1 aromatic rings. The van der Waals surface area contributed by atoms with Crippen LogP contribution in [0.5, 0.6) is 5.75 Å². The zero-order valence-corrected chi connectivity index (χ0v) is 14.2. The number of hydrogen-bond donors (Lipinski definition) is 1. The molecule has 1 atom stereocenters. The highest BCUT2D eigenvalue weighted by molar-refractivity contribution is 6.30. The van der Waals surface area contributed by atoms with Gasteiger partial charge in [-0.25, -0.2) is 0 Å². The molecule has 4 bridgehead atoms. The van der Waals surface area contributed by atoms with Gasteiger partial charge in [0.2, 0.25) is 0 Å². The molecular weight excluding hydrogens is 326 g/mol. The number of halogens is 1. The minimum Gasteiger partial charge on any atom is -0.548 e. The van der Waals surface area contributed by atoms with Crippen LogP contribution in [0, 0.1) is 23.2 Å². The fourth-order valence-corrected chi connectivity index (χ4v) is 5.95. The summed E-state index contributed by atoms with van der Waals surface area (Å²) >= 11 is 5.95. The van der Waals surface area contributed by atoms with Crippen LogP contribution in [0.25, 0.3) is 0 Å². The number of benzene rings is 1. The summed E-state index contributed by atoms with van der Waals surface area (Å²) in [6.45, 7) is 0. The Morgan fingerprint density at radius 2 is 1.83 bits per heavy atom. The maximum absolute atomic E-state index is 11.9. The Bertz CT molecular complexity index is 665. The van der Waals surface area contributed by atoms with E-state index < -0.39 is 12.0 Å². The van der Waals surface area contributed by atoms with Gasteiger partial charge in [-0.15, -0.1) is 0 Å². The lowest BCUT2D eigenvalue weighted by Gasteiger charge is -2.58. The van der Waals surface area contributed by atoms with E-state index in [-0.39, 0.29) is 11.2 Å². The lowest BCUT2D eigenvalue weighted by molar-refractivity contribution is -0.312. The Balaban J connectivity index is 1.64. The molecule has 128 valence electrons. The SMILES string of the molecule is O=C([O-])[C@@H](N=Cc1cc(Cl)ccc1O)C12CC3CC(CC(C3)C1)C2. The van der Waals surface area contributed by atoms with Crippen molar-refractivity contribution in [3.63, 3.8) is 0 Å². The van der Waals surface area contributed by atoms with Crippen molar-refractivity contribution in [3.8, 4) is 5.75 Å². The van der Waals surface area contributed by atoms with Gasteiger partial charge >= 0.3 is 0 Å². The monoisotopic (exact) mass is 346 g/mol. The van der Waals surface area contributed by atoms with Gasteiger partial charge in [0, 0.05) is 16.8 Å². The number of carbonyl (C=O) groups excluding carboxylic acids is 1. The average Bonchev–Trinajstić information content (AvgIpc) is 2.49. The lowest BCUT2D eigenvalue weighted by atomic mass is 9.47. The summed E-state index contributed by atoms with van der Waals surface area (Å²) in [5.74, 6) is 0.883. The summed E-state index contributed by atoms with van der Waals surface area (Å²) in [6.07, 6.45) is 8.01. The van der Waals surface area contributed by atoms with E-state index in [4.69, 9.17) is 11.6 Å². The van der Waals surface area contributed by atoms with E-state index >= 15 is 0 Å². The van der Waals surface area contributed by atoms with E-state index in [2.05, 4.69) is 4.99 Å². The van der Waals surface area contributed by atoms with Gasteiger partial charge in [0.15, 0.2) is 0 Å². The number of rotatable bonds is 4. The molecule has 0 unspecified atom stereocenters. The van der Waals surface area contributed by atoms with Crippen molar-refractivity contribution in [2.24, 2.45) is 28.2 Å². The van der Waals surface area contributed by atoms with Crippen molar-refractivity contribution in [3.05, 3.63) is 28.8 Å². The van der Waals surface area contributed by atoms with Gasteiger partial charge in [-0.05, 0) is 79.9 Å². The number of nitrogens with zero attached hydrogens (tertiary/aromatic N) is 1. The topological polar surface area (TPSA) is 72.7 Å². The number of phenolic OH excluding ortho intramolecular Hbond substituents is 1. The summed E-state index contributed by atoms with van der Waals surface area (Å²) < 4.78 is 0. The van der Waals surface area contributed by atoms with Crippen LogP contribution in [0.3, 0.4) is 0 Å². The molecule has 5 rings (SSSR count). The van der Waals surface area contributed by atoms with Gasteiger partial charge in [0.1, 0.15) is 5.75 Å². The molecule has 4 fully saturated rings. The molecule has 1 N–H and O–H groups in total. The van der Waals surface area contributed by atoms with Crippen LogP contribution in [-0.2, 0) is 4.79 Å². The van der Waals surface area contributed by atoms with E-state index in [1.807, 2.05) is 0 Å². The average molecular weight is 347 g/mol. The first-order valence-electron chi connectivity index (χ1n) is 8.68. The molecule has 4 aliphatic carbocycles. The third-order valence-electron chi connectivity index (χ3n) is 6.24. The van der Waals surface area contributed by atoms with Crippen molar-refractivity contribution in [1.29, 1.82) is 0 Å². The smallest absolute Gasteiger partial charge is 0.124 e. The van der Waals surface area contributed by atoms with Gasteiger partial charge < -0.3 is 15.0 Å². The van der Waals surface area contributed by atoms with Gasteiger partial charge in [-0.1, -0.05) is 11.6 Å². The van der Waals surface area contributed by atoms with Crippen LogP contribution in [-0.4, -0.2) is 23.3 Å². The number of carboxylic acids is 1. The van der Waals surface area contributed by atoms with Crippen molar-refractivity contribution in [2.45, 2.75) is 44.6 Å². The van der Waals surface area contributed by atoms with Gasteiger partial charge in [-0.2, -0.15) is 0 Å². The quantitative estimate of drug-likeness (QED) is 0.852. The highest BCUT2D eigenvalue weighted by atomic mass is 35.5. The number of hydrogen-bond acceptors (Lipinski definition) is 4. The molecule has 5 heteroatoms. The Kier molecular flexibility index (Phi) is 3.83. The predicted molar refractivity (Wildman–Crippen MR) is 90.1 cm³/mol. The minimum atomic E-state index is -1.10. The van der Waals surface area contributed by atoms with Crippen LogP contribution in [0.15, 0.2) is 23.2 Å². The second-order valence-corrected chi connectivity index (χ2v) is 8.42. The van der Waals surface area contributed by atoms with Gasteiger partial charge in [-0.3, -0.25) is 4.99 Å². The number of phenols is 1. The molecule has 4 aliphatic rings. The molecule has 0 aliphatic heterocycles. The Morgan fingerprint density at radius 3 is 2.38 bits per heavy atom. The Hall–Kier alpha value is -1.55. The van der Waals surface area contributed by atoms with Crippen LogP contribution >= 0.6 is 11.6 Å². The van der Waals surface area contributed by atoms with E-state index in [0.717, 1.165) is 19.3 Å². The lowest BCUT2D eigenvalue weighted by Crippen LogP contribution is -2.56. The van der Waals surface area contributed by atoms with Crippen molar-refractivity contribution in [1.82, 2.24) is 0 Å². The zero-order chi connectivity index (χ0) is 16.9. The van der Waals surface area contributed by atoms with Crippen LogP contribution in [0.1, 0.15) is 44.1 Å². The first-order chi connectivity index (χ1) is 11.4. The standard InChI is InChI=1S/C19H22ClNO3/c20-15-1-2-16(22)14(6-15)10-21-17(18(23)24)19-7-11-3-12(8-19)5-13(4-11)9-19/h1-2,6,10-13,17,22H,3-5,7-9H2,(H,23,24)/p-1/t11?,12?,13?,17-,19?/m1/s1. The fourth-order valence-electron chi connectivity index (χ4n) is 5.77. The van der Waals surface area contributed by atoms with Crippen molar-refractivity contribution in [2.75, 3.05) is 0 Å². The third-order valence-corrected chi connectivity index (χ3v) is 6.48. The van der Waals surface area contributed by atoms with Gasteiger partial charge in [0.25, 0.3) is 0 Å². The van der Waals surface area contributed by atoms with Crippen LogP contribution in [0.4, 0.5) is 0 Å². The molecule has 0 spiro atoms. The third kappa shape index (κ3) is 2.71.